The van der Waals surface area contributed by atoms with Crippen LogP contribution in [0, 0.1) is 0 Å². The Bertz CT molecular complexity index is 1120. The van der Waals surface area contributed by atoms with Crippen LogP contribution in [-0.2, 0) is 4.79 Å². The fraction of sp³-hybridized carbons (Fsp3) is 0.0476. The first-order valence-electron chi connectivity index (χ1n) is 8.49. The van der Waals surface area contributed by atoms with Crippen LogP contribution in [-0.4, -0.2) is 15.9 Å². The lowest BCUT2D eigenvalue weighted by Gasteiger charge is -2.12. The molecule has 26 heavy (non-hydrogen) atoms. The zero-order valence-corrected chi connectivity index (χ0v) is 13.9. The average Bonchev–Trinajstić information content (AvgIpc) is 3.10. The number of aromatic amines is 1. The average molecular weight is 340 g/mol. The number of hydrogen-bond acceptors (Lipinski definition) is 3. The Hall–Kier alpha value is -3.60. The first-order valence-corrected chi connectivity index (χ1v) is 8.49. The Balaban J connectivity index is 1.66. The minimum absolute atomic E-state index is 0.0162. The van der Waals surface area contributed by atoms with Gasteiger partial charge in [-0.15, -0.1) is 0 Å². The van der Waals surface area contributed by atoms with Gasteiger partial charge >= 0.3 is 0 Å². The molecule has 3 aromatic rings. The van der Waals surface area contributed by atoms with E-state index < -0.39 is 0 Å². The van der Waals surface area contributed by atoms with E-state index in [1.54, 1.807) is 6.20 Å². The lowest BCUT2D eigenvalue weighted by Crippen LogP contribution is -2.13. The summed E-state index contributed by atoms with van der Waals surface area (Å²) in [7, 11) is 0. The van der Waals surface area contributed by atoms with Crippen molar-refractivity contribution in [3.8, 4) is 0 Å². The second-order valence-corrected chi connectivity index (χ2v) is 6.30. The highest BCUT2D eigenvalue weighted by Crippen LogP contribution is 2.42. The van der Waals surface area contributed by atoms with Crippen LogP contribution in [0.4, 0.5) is 5.69 Å². The normalized spacial score (nSPS) is 18.2. The number of rotatable bonds is 2. The molecule has 2 aliphatic rings. The second-order valence-electron chi connectivity index (χ2n) is 6.30. The molecule has 0 radical (unpaired) electrons. The minimum atomic E-state index is -0.347. The number of hydrogen-bond donors (Lipinski definition) is 3. The van der Waals surface area contributed by atoms with E-state index in [1.807, 2.05) is 67.0 Å². The molecule has 1 unspecified atom stereocenters. The number of aromatic nitrogens is 2. The molecule has 0 fully saturated rings. The van der Waals surface area contributed by atoms with Crippen LogP contribution in [0.3, 0.4) is 0 Å². The van der Waals surface area contributed by atoms with E-state index in [-0.39, 0.29) is 11.8 Å². The van der Waals surface area contributed by atoms with Crippen LogP contribution in [0.2, 0.25) is 0 Å². The van der Waals surface area contributed by atoms with Crippen molar-refractivity contribution in [1.82, 2.24) is 15.3 Å². The van der Waals surface area contributed by atoms with Crippen LogP contribution >= 0.6 is 0 Å². The quantitative estimate of drug-likeness (QED) is 0.667. The maximum absolute atomic E-state index is 12.9. The van der Waals surface area contributed by atoms with Gasteiger partial charge in [-0.3, -0.25) is 4.79 Å². The van der Waals surface area contributed by atoms with Gasteiger partial charge in [-0.1, -0.05) is 30.4 Å². The molecule has 5 heteroatoms. The molecule has 0 bridgehead atoms. The third-order valence-corrected chi connectivity index (χ3v) is 4.82. The Morgan fingerprint density at radius 1 is 1.00 bits per heavy atom. The summed E-state index contributed by atoms with van der Waals surface area (Å²) >= 11 is 0. The standard InChI is InChI=1S/C21H16N4O/c26-21-18(16-12-24-20-13(16)8-5-11-23-20)15-7-4-6-14(19(15)25-21)17-9-2-1-3-10-22-17/h1-12,18,22H,(H,23,24)(H,25,26). The summed E-state index contributed by atoms with van der Waals surface area (Å²) in [5, 5.41) is 7.33. The van der Waals surface area contributed by atoms with Crippen molar-refractivity contribution < 1.29 is 4.79 Å². The number of nitrogens with zero attached hydrogens (tertiary/aromatic N) is 1. The number of para-hydroxylation sites is 1. The number of carbonyl (C=O) groups excluding carboxylic acids is 1. The highest BCUT2D eigenvalue weighted by Gasteiger charge is 2.35. The minimum Gasteiger partial charge on any atom is -0.361 e. The summed E-state index contributed by atoms with van der Waals surface area (Å²) in [6.45, 7) is 0. The molecule has 2 aromatic heterocycles. The fourth-order valence-corrected chi connectivity index (χ4v) is 3.66. The summed E-state index contributed by atoms with van der Waals surface area (Å²) in [4.78, 5) is 20.4. The first kappa shape index (κ1) is 14.7. The maximum atomic E-state index is 12.9. The zero-order valence-electron chi connectivity index (χ0n) is 13.9. The summed E-state index contributed by atoms with van der Waals surface area (Å²) in [5.74, 6) is -0.363. The molecule has 126 valence electrons. The van der Waals surface area contributed by atoms with E-state index in [1.165, 1.54) is 0 Å². The summed E-state index contributed by atoms with van der Waals surface area (Å²) in [5.41, 5.74) is 5.52. The molecule has 0 saturated heterocycles. The van der Waals surface area contributed by atoms with Crippen molar-refractivity contribution in [2.24, 2.45) is 0 Å². The van der Waals surface area contributed by atoms with E-state index in [9.17, 15) is 4.79 Å². The number of fused-ring (bicyclic) bond motifs is 2. The predicted octanol–water partition coefficient (Wildman–Crippen LogP) is 3.66. The van der Waals surface area contributed by atoms with Crippen LogP contribution in [0.15, 0.2) is 73.2 Å². The highest BCUT2D eigenvalue weighted by atomic mass is 16.2. The molecule has 5 nitrogen and oxygen atoms in total. The topological polar surface area (TPSA) is 69.8 Å². The molecule has 3 N–H and O–H groups in total. The largest absolute Gasteiger partial charge is 0.361 e. The van der Waals surface area contributed by atoms with Crippen molar-refractivity contribution in [2.45, 2.75) is 5.92 Å². The predicted molar refractivity (Wildman–Crippen MR) is 102 cm³/mol. The van der Waals surface area contributed by atoms with Gasteiger partial charge in [0.15, 0.2) is 0 Å². The number of anilines is 1. The van der Waals surface area contributed by atoms with E-state index in [0.717, 1.165) is 39.1 Å². The highest BCUT2D eigenvalue weighted by molar-refractivity contribution is 6.09. The van der Waals surface area contributed by atoms with E-state index >= 15 is 0 Å². The lowest BCUT2D eigenvalue weighted by atomic mass is 9.91. The van der Waals surface area contributed by atoms with Crippen LogP contribution < -0.4 is 10.6 Å². The van der Waals surface area contributed by atoms with Crippen molar-refractivity contribution in [1.29, 1.82) is 0 Å². The van der Waals surface area contributed by atoms with Crippen molar-refractivity contribution >= 4 is 28.3 Å². The molecule has 0 aliphatic carbocycles. The Labute approximate surface area is 150 Å². The second kappa shape index (κ2) is 5.74. The molecule has 2 aliphatic heterocycles. The van der Waals surface area contributed by atoms with Gasteiger partial charge in [-0.25, -0.2) is 4.98 Å². The SMILES string of the molecule is O=C1Nc2c(C3=CC=CC=CN3)cccc2C1c1c[nH]c2ncccc12. The number of H-pyrrole nitrogens is 1. The Kier molecular flexibility index (Phi) is 3.25. The van der Waals surface area contributed by atoms with Crippen LogP contribution in [0.1, 0.15) is 22.6 Å². The van der Waals surface area contributed by atoms with Gasteiger partial charge in [0.25, 0.3) is 0 Å². The van der Waals surface area contributed by atoms with Gasteiger partial charge in [0, 0.05) is 35.2 Å². The Morgan fingerprint density at radius 2 is 1.96 bits per heavy atom. The maximum Gasteiger partial charge on any atom is 0.236 e. The molecule has 1 aromatic carbocycles. The lowest BCUT2D eigenvalue weighted by molar-refractivity contribution is -0.116. The molecule has 0 saturated carbocycles. The smallest absolute Gasteiger partial charge is 0.236 e. The van der Waals surface area contributed by atoms with Crippen LogP contribution in [0.5, 0.6) is 0 Å². The molecule has 5 rings (SSSR count). The van der Waals surface area contributed by atoms with Gasteiger partial charge in [-0.05, 0) is 35.4 Å². The number of nitrogens with one attached hydrogen (secondary N) is 3. The molecule has 1 atom stereocenters. The number of allylic oxidation sites excluding steroid dienone is 4. The summed E-state index contributed by atoms with van der Waals surface area (Å²) in [6, 6.07) is 9.91. The van der Waals surface area contributed by atoms with Crippen molar-refractivity contribution in [3.05, 3.63) is 89.9 Å². The zero-order chi connectivity index (χ0) is 17.5. The fourth-order valence-electron chi connectivity index (χ4n) is 3.66. The van der Waals surface area contributed by atoms with Gasteiger partial charge < -0.3 is 15.6 Å². The van der Waals surface area contributed by atoms with Gasteiger partial charge in [0.1, 0.15) is 5.65 Å². The molecule has 4 heterocycles. The third kappa shape index (κ3) is 2.18. The monoisotopic (exact) mass is 340 g/mol. The first-order chi connectivity index (χ1) is 12.8. The molecule has 1 amide bonds. The Morgan fingerprint density at radius 3 is 2.92 bits per heavy atom. The summed E-state index contributed by atoms with van der Waals surface area (Å²) in [6.07, 6.45) is 13.4. The molecule has 0 spiro atoms. The number of pyridine rings is 1. The number of carbonyl (C=O) groups is 1. The van der Waals surface area contributed by atoms with Gasteiger partial charge in [0.2, 0.25) is 5.91 Å². The summed E-state index contributed by atoms with van der Waals surface area (Å²) < 4.78 is 0. The van der Waals surface area contributed by atoms with E-state index in [2.05, 4.69) is 20.6 Å². The molecular weight excluding hydrogens is 324 g/mol. The third-order valence-electron chi connectivity index (χ3n) is 4.82. The number of benzene rings is 1. The van der Waals surface area contributed by atoms with Crippen LogP contribution in [0.25, 0.3) is 16.7 Å². The van der Waals surface area contributed by atoms with Crippen molar-refractivity contribution in [3.63, 3.8) is 0 Å². The van der Waals surface area contributed by atoms with Gasteiger partial charge in [-0.2, -0.15) is 0 Å². The van der Waals surface area contributed by atoms with E-state index in [0.29, 0.717) is 0 Å². The molecular formula is C21H16N4O. The number of amides is 1. The van der Waals surface area contributed by atoms with E-state index in [4.69, 9.17) is 0 Å². The van der Waals surface area contributed by atoms with Crippen molar-refractivity contribution in [2.75, 3.05) is 5.32 Å². The van der Waals surface area contributed by atoms with Gasteiger partial charge in [0.05, 0.1) is 11.6 Å².